The molecule has 0 saturated carbocycles. The molecule has 1 aromatic rings. The zero-order chi connectivity index (χ0) is 13.0. The monoisotopic (exact) mass is 250 g/mol. The number of anilines is 1. The molecule has 1 atom stereocenters. The van der Waals surface area contributed by atoms with Crippen LogP contribution in [-0.4, -0.2) is 17.5 Å². The van der Waals surface area contributed by atoms with Crippen LogP contribution in [0.25, 0.3) is 0 Å². The van der Waals surface area contributed by atoms with Gasteiger partial charge in [-0.2, -0.15) is 0 Å². The van der Waals surface area contributed by atoms with Crippen LogP contribution in [0.2, 0.25) is 0 Å². The number of likely N-dealkylation sites (tertiary alicyclic amines) is 1. The van der Waals surface area contributed by atoms with Crippen molar-refractivity contribution in [2.75, 3.05) is 12.3 Å². The minimum absolute atomic E-state index is 0.238. The van der Waals surface area contributed by atoms with E-state index >= 15 is 0 Å². The average Bonchev–Trinajstić information content (AvgIpc) is 2.37. The van der Waals surface area contributed by atoms with E-state index < -0.39 is 0 Å². The summed E-state index contributed by atoms with van der Waals surface area (Å²) in [5.41, 5.74) is 6.78. The largest absolute Gasteiger partial charge is 0.396 e. The Morgan fingerprint density at radius 3 is 2.94 bits per heavy atom. The van der Waals surface area contributed by atoms with E-state index in [1.807, 2.05) is 6.07 Å². The zero-order valence-corrected chi connectivity index (χ0v) is 11.2. The Balaban J connectivity index is 2.03. The van der Waals surface area contributed by atoms with E-state index in [1.54, 1.807) is 12.1 Å². The molecule has 3 heteroatoms. The first-order valence-corrected chi connectivity index (χ1v) is 6.98. The van der Waals surface area contributed by atoms with Crippen molar-refractivity contribution in [2.45, 2.75) is 51.6 Å². The summed E-state index contributed by atoms with van der Waals surface area (Å²) < 4.78 is 13.4. The van der Waals surface area contributed by atoms with Gasteiger partial charge in [0.05, 0.1) is 5.69 Å². The van der Waals surface area contributed by atoms with Gasteiger partial charge >= 0.3 is 0 Å². The van der Waals surface area contributed by atoms with Crippen molar-refractivity contribution < 1.29 is 4.39 Å². The van der Waals surface area contributed by atoms with E-state index in [0.29, 0.717) is 6.04 Å². The molecule has 1 unspecified atom stereocenters. The number of nitrogens with zero attached hydrogens (tertiary/aromatic N) is 1. The van der Waals surface area contributed by atoms with Crippen LogP contribution in [0.3, 0.4) is 0 Å². The Hall–Kier alpha value is -1.09. The third kappa shape index (κ3) is 3.22. The molecule has 1 heterocycles. The fraction of sp³-hybridized carbons (Fsp3) is 0.600. The summed E-state index contributed by atoms with van der Waals surface area (Å²) in [5, 5.41) is 0. The highest BCUT2D eigenvalue weighted by molar-refractivity contribution is 5.41. The van der Waals surface area contributed by atoms with Crippen LogP contribution in [0, 0.1) is 5.82 Å². The molecule has 0 aromatic heterocycles. The highest BCUT2D eigenvalue weighted by Crippen LogP contribution is 2.23. The van der Waals surface area contributed by atoms with Crippen molar-refractivity contribution in [1.82, 2.24) is 4.90 Å². The predicted octanol–water partition coefficient (Wildman–Crippen LogP) is 3.56. The van der Waals surface area contributed by atoms with Crippen molar-refractivity contribution in [3.8, 4) is 0 Å². The molecule has 0 spiro atoms. The van der Waals surface area contributed by atoms with Crippen LogP contribution in [0.15, 0.2) is 18.2 Å². The van der Waals surface area contributed by atoms with E-state index in [2.05, 4.69) is 11.8 Å². The quantitative estimate of drug-likeness (QED) is 0.828. The Labute approximate surface area is 109 Å². The van der Waals surface area contributed by atoms with Gasteiger partial charge in [-0.15, -0.1) is 0 Å². The molecule has 2 N–H and O–H groups in total. The van der Waals surface area contributed by atoms with Gasteiger partial charge in [0.1, 0.15) is 5.82 Å². The molecule has 0 aliphatic carbocycles. The lowest BCUT2D eigenvalue weighted by molar-refractivity contribution is 0.131. The van der Waals surface area contributed by atoms with Crippen molar-refractivity contribution in [3.05, 3.63) is 29.6 Å². The van der Waals surface area contributed by atoms with Gasteiger partial charge in [-0.3, -0.25) is 4.90 Å². The third-order valence-electron chi connectivity index (χ3n) is 3.82. The van der Waals surface area contributed by atoms with E-state index in [1.165, 1.54) is 32.1 Å². The van der Waals surface area contributed by atoms with E-state index in [9.17, 15) is 4.39 Å². The molecule has 18 heavy (non-hydrogen) atoms. The van der Waals surface area contributed by atoms with Crippen molar-refractivity contribution in [3.63, 3.8) is 0 Å². The first kappa shape index (κ1) is 13.3. The van der Waals surface area contributed by atoms with Crippen molar-refractivity contribution in [2.24, 2.45) is 0 Å². The van der Waals surface area contributed by atoms with Crippen LogP contribution in [0.4, 0.5) is 10.1 Å². The summed E-state index contributed by atoms with van der Waals surface area (Å²) in [6.45, 7) is 4.22. The lowest BCUT2D eigenvalue weighted by atomic mass is 9.97. The molecule has 0 radical (unpaired) electrons. The maximum atomic E-state index is 13.4. The number of rotatable bonds is 4. The molecule has 100 valence electrons. The fourth-order valence-corrected chi connectivity index (χ4v) is 2.83. The Kier molecular flexibility index (Phi) is 4.59. The molecule has 1 saturated heterocycles. The molecule has 2 rings (SSSR count). The number of benzene rings is 1. The molecule has 1 aliphatic rings. The van der Waals surface area contributed by atoms with Crippen LogP contribution in [0.5, 0.6) is 0 Å². The molecule has 1 fully saturated rings. The number of halogens is 1. The fourth-order valence-electron chi connectivity index (χ4n) is 2.83. The second-order valence-corrected chi connectivity index (χ2v) is 5.26. The van der Waals surface area contributed by atoms with Gasteiger partial charge in [-0.05, 0) is 43.5 Å². The van der Waals surface area contributed by atoms with Gasteiger partial charge < -0.3 is 5.73 Å². The summed E-state index contributed by atoms with van der Waals surface area (Å²) in [6, 6.07) is 5.86. The van der Waals surface area contributed by atoms with Gasteiger partial charge in [0.2, 0.25) is 0 Å². The number of nitrogens with two attached hydrogens (primary N) is 1. The first-order valence-electron chi connectivity index (χ1n) is 6.98. The lowest BCUT2D eigenvalue weighted by Crippen LogP contribution is -2.38. The lowest BCUT2D eigenvalue weighted by Gasteiger charge is -2.35. The predicted molar refractivity (Wildman–Crippen MR) is 73.8 cm³/mol. The van der Waals surface area contributed by atoms with E-state index in [4.69, 9.17) is 5.73 Å². The topological polar surface area (TPSA) is 29.3 Å². The maximum Gasteiger partial charge on any atom is 0.146 e. The second kappa shape index (κ2) is 6.19. The van der Waals surface area contributed by atoms with Crippen LogP contribution >= 0.6 is 0 Å². The molecule has 0 amide bonds. The number of piperidine rings is 1. The molecular weight excluding hydrogens is 227 g/mol. The maximum absolute atomic E-state index is 13.4. The van der Waals surface area contributed by atoms with Gasteiger partial charge in [-0.1, -0.05) is 25.8 Å². The summed E-state index contributed by atoms with van der Waals surface area (Å²) in [7, 11) is 0. The van der Waals surface area contributed by atoms with Crippen molar-refractivity contribution in [1.29, 1.82) is 0 Å². The second-order valence-electron chi connectivity index (χ2n) is 5.26. The zero-order valence-electron chi connectivity index (χ0n) is 11.2. The normalized spacial score (nSPS) is 21.1. The van der Waals surface area contributed by atoms with Gasteiger partial charge in [-0.25, -0.2) is 4.39 Å². The molecule has 2 nitrogen and oxygen atoms in total. The summed E-state index contributed by atoms with van der Waals surface area (Å²) in [4.78, 5) is 2.50. The summed E-state index contributed by atoms with van der Waals surface area (Å²) in [5.74, 6) is -0.295. The Morgan fingerprint density at radius 2 is 2.22 bits per heavy atom. The van der Waals surface area contributed by atoms with Gasteiger partial charge in [0, 0.05) is 12.6 Å². The standard InChI is InChI=1S/C15H23FN2/c1-2-5-13-6-3-4-9-18(13)11-12-7-8-15(17)14(16)10-12/h7-8,10,13H,2-6,9,11,17H2,1H3. The van der Waals surface area contributed by atoms with Gasteiger partial charge in [0.15, 0.2) is 0 Å². The van der Waals surface area contributed by atoms with Gasteiger partial charge in [0.25, 0.3) is 0 Å². The van der Waals surface area contributed by atoms with Crippen LogP contribution < -0.4 is 5.73 Å². The van der Waals surface area contributed by atoms with E-state index in [0.717, 1.165) is 18.7 Å². The molecular formula is C15H23FN2. The van der Waals surface area contributed by atoms with Crippen molar-refractivity contribution >= 4 is 5.69 Å². The number of nitrogen functional groups attached to an aromatic ring is 1. The van der Waals surface area contributed by atoms with Crippen LogP contribution in [0.1, 0.15) is 44.6 Å². The minimum Gasteiger partial charge on any atom is -0.396 e. The first-order chi connectivity index (χ1) is 8.70. The Morgan fingerprint density at radius 1 is 1.39 bits per heavy atom. The summed E-state index contributed by atoms with van der Waals surface area (Å²) >= 11 is 0. The highest BCUT2D eigenvalue weighted by atomic mass is 19.1. The third-order valence-corrected chi connectivity index (χ3v) is 3.82. The Bertz CT molecular complexity index is 390. The van der Waals surface area contributed by atoms with E-state index in [-0.39, 0.29) is 11.5 Å². The number of hydrogen-bond donors (Lipinski definition) is 1. The number of hydrogen-bond acceptors (Lipinski definition) is 2. The molecule has 0 bridgehead atoms. The summed E-state index contributed by atoms with van der Waals surface area (Å²) in [6.07, 6.45) is 6.34. The molecule has 1 aliphatic heterocycles. The smallest absolute Gasteiger partial charge is 0.146 e. The average molecular weight is 250 g/mol. The SMILES string of the molecule is CCCC1CCCCN1Cc1ccc(N)c(F)c1. The van der Waals surface area contributed by atoms with Crippen LogP contribution in [-0.2, 0) is 6.54 Å². The molecule has 1 aromatic carbocycles. The minimum atomic E-state index is -0.295. The highest BCUT2D eigenvalue weighted by Gasteiger charge is 2.21.